The van der Waals surface area contributed by atoms with E-state index in [0.29, 0.717) is 0 Å². The molecule has 3 heterocycles. The molecule has 4 nitrogen and oxygen atoms in total. The highest BCUT2D eigenvalue weighted by atomic mass is 15.3. The Morgan fingerprint density at radius 1 is 0.744 bits per heavy atom. The second-order valence-corrected chi connectivity index (χ2v) is 10.4. The number of pyridine rings is 1. The number of allylic oxidation sites excluding steroid dienone is 2. The Morgan fingerprint density at radius 3 is 2.38 bits per heavy atom. The van der Waals surface area contributed by atoms with Gasteiger partial charge in [-0.05, 0) is 88.6 Å². The summed E-state index contributed by atoms with van der Waals surface area (Å²) in [5, 5.41) is 11.2. The van der Waals surface area contributed by atoms with Crippen LogP contribution in [0.5, 0.6) is 0 Å². The van der Waals surface area contributed by atoms with Gasteiger partial charge in [-0.25, -0.2) is 4.98 Å². The Labute approximate surface area is 227 Å². The zero-order valence-electron chi connectivity index (χ0n) is 21.6. The summed E-state index contributed by atoms with van der Waals surface area (Å²) in [5.74, 6) is 0.913. The molecule has 2 aliphatic rings. The fourth-order valence-electron chi connectivity index (χ4n) is 6.51. The second kappa shape index (κ2) is 8.88. The first-order chi connectivity index (χ1) is 19.4. The van der Waals surface area contributed by atoms with Crippen molar-refractivity contribution in [1.82, 2.24) is 10.3 Å². The monoisotopic (exact) mass is 504 g/mol. The lowest BCUT2D eigenvalue weighted by molar-refractivity contribution is 0.695. The first-order valence-corrected chi connectivity index (χ1v) is 13.7. The summed E-state index contributed by atoms with van der Waals surface area (Å²) < 4.78 is 0. The molecule has 5 aromatic carbocycles. The Balaban J connectivity index is 1.38. The average molecular weight is 505 g/mol. The number of aromatic nitrogens is 1. The largest absolute Gasteiger partial charge is 0.368 e. The summed E-state index contributed by atoms with van der Waals surface area (Å²) in [7, 11) is 0. The van der Waals surface area contributed by atoms with Gasteiger partial charge in [-0.1, -0.05) is 66.7 Å². The van der Waals surface area contributed by atoms with E-state index in [1.54, 1.807) is 0 Å². The van der Waals surface area contributed by atoms with Crippen LogP contribution >= 0.6 is 0 Å². The highest BCUT2D eigenvalue weighted by Crippen LogP contribution is 2.45. The molecule has 1 N–H and O–H groups in total. The molecule has 1 aromatic heterocycles. The van der Waals surface area contributed by atoms with Crippen molar-refractivity contribution in [2.75, 3.05) is 16.3 Å². The van der Waals surface area contributed by atoms with Gasteiger partial charge in [-0.15, -0.1) is 0 Å². The molecule has 188 valence electrons. The number of fused-ring (bicyclic) bond motifs is 1. The Kier molecular flexibility index (Phi) is 5.05. The van der Waals surface area contributed by atoms with Crippen LogP contribution in [0.3, 0.4) is 0 Å². The molecule has 0 aliphatic carbocycles. The number of hydrogen-bond acceptors (Lipinski definition) is 4. The Morgan fingerprint density at radius 2 is 1.54 bits per heavy atom. The molecule has 0 fully saturated rings. The first-order valence-electron chi connectivity index (χ1n) is 13.7. The molecule has 1 atom stereocenters. The SMILES string of the molecule is C1=CNC(N(c2ccccn2)c2ccc3ccc4c(N5CCCc6ccccc65)ccc5ccc2c3c54)C=C1. The number of aryl methyl sites for hydroxylation is 1. The predicted molar refractivity (Wildman–Crippen MR) is 163 cm³/mol. The summed E-state index contributed by atoms with van der Waals surface area (Å²) in [6.07, 6.45) is 12.4. The molecule has 6 aromatic rings. The van der Waals surface area contributed by atoms with Gasteiger partial charge in [0.25, 0.3) is 0 Å². The molecule has 0 saturated carbocycles. The van der Waals surface area contributed by atoms with Crippen LogP contribution in [-0.2, 0) is 6.42 Å². The van der Waals surface area contributed by atoms with E-state index in [1.165, 1.54) is 55.7 Å². The molecule has 2 aliphatic heterocycles. The smallest absolute Gasteiger partial charge is 0.134 e. The van der Waals surface area contributed by atoms with Crippen molar-refractivity contribution >= 4 is 55.2 Å². The summed E-state index contributed by atoms with van der Waals surface area (Å²) >= 11 is 0. The van der Waals surface area contributed by atoms with Crippen LogP contribution in [0.1, 0.15) is 12.0 Å². The number of nitrogens with one attached hydrogen (secondary N) is 1. The number of benzene rings is 5. The third kappa shape index (κ3) is 3.48. The van der Waals surface area contributed by atoms with Crippen molar-refractivity contribution in [1.29, 1.82) is 0 Å². The van der Waals surface area contributed by atoms with Crippen molar-refractivity contribution < 1.29 is 0 Å². The van der Waals surface area contributed by atoms with Crippen LogP contribution in [0.2, 0.25) is 0 Å². The van der Waals surface area contributed by atoms with E-state index in [0.717, 1.165) is 24.5 Å². The van der Waals surface area contributed by atoms with Crippen LogP contribution in [0.4, 0.5) is 22.9 Å². The molecule has 8 rings (SSSR count). The number of para-hydroxylation sites is 1. The maximum Gasteiger partial charge on any atom is 0.134 e. The molecule has 1 unspecified atom stereocenters. The molecule has 0 bridgehead atoms. The van der Waals surface area contributed by atoms with Gasteiger partial charge in [0.1, 0.15) is 12.0 Å². The van der Waals surface area contributed by atoms with Gasteiger partial charge in [-0.3, -0.25) is 0 Å². The van der Waals surface area contributed by atoms with Crippen LogP contribution in [0.15, 0.2) is 122 Å². The minimum absolute atomic E-state index is 0.0382. The maximum atomic E-state index is 4.76. The highest BCUT2D eigenvalue weighted by Gasteiger charge is 2.25. The molecular weight excluding hydrogens is 476 g/mol. The first kappa shape index (κ1) is 22.2. The summed E-state index contributed by atoms with van der Waals surface area (Å²) in [5.41, 5.74) is 5.20. The lowest BCUT2D eigenvalue weighted by atomic mass is 9.91. The van der Waals surface area contributed by atoms with Gasteiger partial charge in [0.15, 0.2) is 0 Å². The fourth-order valence-corrected chi connectivity index (χ4v) is 6.51. The Hall–Kier alpha value is -4.83. The van der Waals surface area contributed by atoms with Gasteiger partial charge in [0.2, 0.25) is 0 Å². The number of dihydropyridines is 1. The van der Waals surface area contributed by atoms with Crippen molar-refractivity contribution in [2.45, 2.75) is 19.0 Å². The van der Waals surface area contributed by atoms with E-state index in [9.17, 15) is 0 Å². The standard InChI is InChI=1S/C35H28N4/c1-2-10-29-24(8-1)9-7-23-38(29)30-19-15-25-14-18-28-31(20-16-26-13-17-27(30)34(25)35(26)28)39(32-11-3-5-21-36-32)33-12-4-6-22-37-33/h1-6,8,10-22,32,36H,7,9,23H2. The van der Waals surface area contributed by atoms with E-state index in [1.807, 2.05) is 24.5 Å². The molecule has 0 radical (unpaired) electrons. The van der Waals surface area contributed by atoms with Crippen LogP contribution in [0.25, 0.3) is 32.3 Å². The van der Waals surface area contributed by atoms with Crippen molar-refractivity contribution in [3.63, 3.8) is 0 Å². The van der Waals surface area contributed by atoms with Crippen LogP contribution in [0, 0.1) is 0 Å². The lowest BCUT2D eigenvalue weighted by Crippen LogP contribution is -2.40. The third-order valence-electron chi connectivity index (χ3n) is 8.22. The number of rotatable bonds is 4. The fraction of sp³-hybridized carbons (Fsp3) is 0.114. The quantitative estimate of drug-likeness (QED) is 0.245. The minimum atomic E-state index is -0.0382. The second-order valence-electron chi connectivity index (χ2n) is 10.4. The molecule has 0 saturated heterocycles. The summed E-state index contributed by atoms with van der Waals surface area (Å²) in [6.45, 7) is 1.03. The highest BCUT2D eigenvalue weighted by molar-refractivity contribution is 6.27. The number of hydrogen-bond donors (Lipinski definition) is 1. The van der Waals surface area contributed by atoms with Gasteiger partial charge in [-0.2, -0.15) is 0 Å². The number of anilines is 4. The van der Waals surface area contributed by atoms with Crippen molar-refractivity contribution in [3.8, 4) is 0 Å². The van der Waals surface area contributed by atoms with E-state index in [2.05, 4.69) is 112 Å². The zero-order chi connectivity index (χ0) is 25.8. The third-order valence-corrected chi connectivity index (χ3v) is 8.22. The van der Waals surface area contributed by atoms with E-state index >= 15 is 0 Å². The zero-order valence-corrected chi connectivity index (χ0v) is 21.6. The molecule has 4 heteroatoms. The molecular formula is C35H28N4. The van der Waals surface area contributed by atoms with Crippen molar-refractivity contribution in [3.05, 3.63) is 127 Å². The van der Waals surface area contributed by atoms with Crippen molar-refractivity contribution in [2.24, 2.45) is 0 Å². The molecule has 0 spiro atoms. The van der Waals surface area contributed by atoms with Gasteiger partial charge >= 0.3 is 0 Å². The van der Waals surface area contributed by atoms with Crippen LogP contribution < -0.4 is 15.1 Å². The molecule has 39 heavy (non-hydrogen) atoms. The maximum absolute atomic E-state index is 4.76. The minimum Gasteiger partial charge on any atom is -0.368 e. The van der Waals surface area contributed by atoms with E-state index < -0.39 is 0 Å². The summed E-state index contributed by atoms with van der Waals surface area (Å²) in [4.78, 5) is 9.58. The van der Waals surface area contributed by atoms with Gasteiger partial charge in [0.05, 0.1) is 5.69 Å². The van der Waals surface area contributed by atoms with Gasteiger partial charge < -0.3 is 15.1 Å². The van der Waals surface area contributed by atoms with E-state index in [-0.39, 0.29) is 6.17 Å². The average Bonchev–Trinajstić information content (AvgIpc) is 3.01. The molecule has 0 amide bonds. The van der Waals surface area contributed by atoms with Gasteiger partial charge in [0, 0.05) is 34.9 Å². The summed E-state index contributed by atoms with van der Waals surface area (Å²) in [6, 6.07) is 33.3. The topological polar surface area (TPSA) is 31.4 Å². The normalized spacial score (nSPS) is 16.6. The Bertz CT molecular complexity index is 1890. The lowest BCUT2D eigenvalue weighted by Gasteiger charge is -2.34. The van der Waals surface area contributed by atoms with E-state index in [4.69, 9.17) is 4.98 Å². The number of nitrogens with zero attached hydrogens (tertiary/aromatic N) is 3. The van der Waals surface area contributed by atoms with Crippen LogP contribution in [-0.4, -0.2) is 17.7 Å². The predicted octanol–water partition coefficient (Wildman–Crippen LogP) is 8.20.